The summed E-state index contributed by atoms with van der Waals surface area (Å²) in [6.45, 7) is 6.41. The molecule has 0 aliphatic rings. The zero-order valence-corrected chi connectivity index (χ0v) is 10.0. The van der Waals surface area contributed by atoms with Gasteiger partial charge >= 0.3 is 5.97 Å². The number of hydrogen-bond donors (Lipinski definition) is 2. The third-order valence-electron chi connectivity index (χ3n) is 2.82. The number of aromatic nitrogens is 2. The van der Waals surface area contributed by atoms with Crippen molar-refractivity contribution in [3.63, 3.8) is 0 Å². The molecule has 0 spiro atoms. The number of aliphatic carboxylic acids is 1. The molecule has 0 amide bonds. The van der Waals surface area contributed by atoms with E-state index < -0.39 is 11.4 Å². The van der Waals surface area contributed by atoms with Crippen LogP contribution in [0.15, 0.2) is 6.07 Å². The standard InChI is InChI=1S/C11H19N3O2/c1-4-14-9(5-8(2)13-14)6-11(3,7-12)10(15)16/h5H,4,6-7,12H2,1-3H3,(H,15,16). The predicted molar refractivity (Wildman–Crippen MR) is 61.1 cm³/mol. The second-order valence-corrected chi connectivity index (χ2v) is 4.34. The average molecular weight is 225 g/mol. The van der Waals surface area contributed by atoms with Crippen LogP contribution in [0.5, 0.6) is 0 Å². The Kier molecular flexibility index (Phi) is 3.70. The fourth-order valence-corrected chi connectivity index (χ4v) is 1.65. The van der Waals surface area contributed by atoms with Gasteiger partial charge in [-0.15, -0.1) is 0 Å². The van der Waals surface area contributed by atoms with Crippen molar-refractivity contribution in [1.29, 1.82) is 0 Å². The number of nitrogens with two attached hydrogens (primary N) is 1. The van der Waals surface area contributed by atoms with Crippen LogP contribution in [0.25, 0.3) is 0 Å². The quantitative estimate of drug-likeness (QED) is 0.776. The zero-order chi connectivity index (χ0) is 12.3. The van der Waals surface area contributed by atoms with Crippen molar-refractivity contribution in [1.82, 2.24) is 9.78 Å². The van der Waals surface area contributed by atoms with Gasteiger partial charge in [-0.25, -0.2) is 0 Å². The largest absolute Gasteiger partial charge is 0.481 e. The lowest BCUT2D eigenvalue weighted by molar-refractivity contribution is -0.147. The van der Waals surface area contributed by atoms with Crippen molar-refractivity contribution in [3.8, 4) is 0 Å². The molecule has 0 fully saturated rings. The van der Waals surface area contributed by atoms with Crippen LogP contribution in [0.3, 0.4) is 0 Å². The second kappa shape index (κ2) is 4.65. The van der Waals surface area contributed by atoms with Gasteiger partial charge in [0, 0.05) is 25.2 Å². The molecule has 0 aromatic carbocycles. The molecule has 1 unspecified atom stereocenters. The van der Waals surface area contributed by atoms with Crippen LogP contribution in [-0.4, -0.2) is 27.4 Å². The van der Waals surface area contributed by atoms with Crippen molar-refractivity contribution >= 4 is 5.97 Å². The molecular formula is C11H19N3O2. The third kappa shape index (κ3) is 2.41. The van der Waals surface area contributed by atoms with Crippen LogP contribution in [0.1, 0.15) is 25.2 Å². The van der Waals surface area contributed by atoms with Crippen LogP contribution in [-0.2, 0) is 17.8 Å². The molecule has 0 saturated heterocycles. The van der Waals surface area contributed by atoms with Crippen LogP contribution in [0, 0.1) is 12.3 Å². The Morgan fingerprint density at radius 3 is 2.75 bits per heavy atom. The molecule has 5 heteroatoms. The number of carboxylic acid groups (broad SMARTS) is 1. The molecule has 5 nitrogen and oxygen atoms in total. The van der Waals surface area contributed by atoms with Crippen LogP contribution < -0.4 is 5.73 Å². The molecule has 1 aromatic rings. The summed E-state index contributed by atoms with van der Waals surface area (Å²) in [5.74, 6) is -0.864. The Bertz CT molecular complexity index is 387. The van der Waals surface area contributed by atoms with E-state index in [2.05, 4.69) is 5.10 Å². The minimum absolute atomic E-state index is 0.121. The molecule has 16 heavy (non-hydrogen) atoms. The molecule has 0 aliphatic heterocycles. The second-order valence-electron chi connectivity index (χ2n) is 4.34. The molecular weight excluding hydrogens is 206 g/mol. The molecule has 0 saturated carbocycles. The SMILES string of the molecule is CCn1nc(C)cc1CC(C)(CN)C(=O)O. The first-order valence-electron chi connectivity index (χ1n) is 5.39. The van der Waals surface area contributed by atoms with E-state index >= 15 is 0 Å². The lowest BCUT2D eigenvalue weighted by Crippen LogP contribution is -2.38. The maximum Gasteiger partial charge on any atom is 0.311 e. The van der Waals surface area contributed by atoms with E-state index in [9.17, 15) is 4.79 Å². The van der Waals surface area contributed by atoms with Crippen LogP contribution in [0.4, 0.5) is 0 Å². The van der Waals surface area contributed by atoms with Gasteiger partial charge in [-0.3, -0.25) is 9.48 Å². The van der Waals surface area contributed by atoms with Crippen molar-refractivity contribution < 1.29 is 9.90 Å². The number of aryl methyl sites for hydroxylation is 2. The highest BCUT2D eigenvalue weighted by Crippen LogP contribution is 2.22. The van der Waals surface area contributed by atoms with Gasteiger partial charge in [0.1, 0.15) is 0 Å². The molecule has 90 valence electrons. The van der Waals surface area contributed by atoms with E-state index in [-0.39, 0.29) is 6.54 Å². The molecule has 0 bridgehead atoms. The summed E-state index contributed by atoms with van der Waals surface area (Å²) in [6, 6.07) is 1.92. The molecule has 0 aliphatic carbocycles. The number of hydrogen-bond acceptors (Lipinski definition) is 3. The molecule has 1 heterocycles. The summed E-state index contributed by atoms with van der Waals surface area (Å²) in [5.41, 5.74) is 6.46. The van der Waals surface area contributed by atoms with Gasteiger partial charge in [-0.2, -0.15) is 5.10 Å². The van der Waals surface area contributed by atoms with E-state index in [0.717, 1.165) is 17.9 Å². The van der Waals surface area contributed by atoms with Gasteiger partial charge in [0.2, 0.25) is 0 Å². The lowest BCUT2D eigenvalue weighted by Gasteiger charge is -2.22. The number of carbonyl (C=O) groups is 1. The highest BCUT2D eigenvalue weighted by molar-refractivity contribution is 5.74. The first kappa shape index (κ1) is 12.7. The van der Waals surface area contributed by atoms with E-state index in [0.29, 0.717) is 6.42 Å². The van der Waals surface area contributed by atoms with Gasteiger partial charge in [-0.05, 0) is 26.8 Å². The Morgan fingerprint density at radius 2 is 2.31 bits per heavy atom. The van der Waals surface area contributed by atoms with Crippen LogP contribution in [0.2, 0.25) is 0 Å². The maximum absolute atomic E-state index is 11.2. The maximum atomic E-state index is 11.2. The Balaban J connectivity index is 2.98. The van der Waals surface area contributed by atoms with Gasteiger partial charge in [0.25, 0.3) is 0 Å². The molecule has 1 atom stereocenters. The van der Waals surface area contributed by atoms with Crippen molar-refractivity contribution in [2.24, 2.45) is 11.1 Å². The van der Waals surface area contributed by atoms with Gasteiger partial charge in [-0.1, -0.05) is 0 Å². The highest BCUT2D eigenvalue weighted by atomic mass is 16.4. The minimum atomic E-state index is -0.917. The summed E-state index contributed by atoms with van der Waals surface area (Å²) in [6.07, 6.45) is 0.410. The van der Waals surface area contributed by atoms with E-state index in [1.54, 1.807) is 6.92 Å². The molecule has 1 aromatic heterocycles. The van der Waals surface area contributed by atoms with E-state index in [1.165, 1.54) is 0 Å². The summed E-state index contributed by atoms with van der Waals surface area (Å²) in [4.78, 5) is 11.2. The molecule has 3 N–H and O–H groups in total. The minimum Gasteiger partial charge on any atom is -0.481 e. The Morgan fingerprint density at radius 1 is 1.69 bits per heavy atom. The highest BCUT2D eigenvalue weighted by Gasteiger charge is 2.33. The first-order chi connectivity index (χ1) is 7.42. The Hall–Kier alpha value is -1.36. The molecule has 0 radical (unpaired) electrons. The van der Waals surface area contributed by atoms with Crippen molar-refractivity contribution in [2.75, 3.05) is 6.54 Å². The Labute approximate surface area is 95.3 Å². The van der Waals surface area contributed by atoms with Gasteiger partial charge < -0.3 is 10.8 Å². The summed E-state index contributed by atoms with van der Waals surface area (Å²) in [7, 11) is 0. The molecule has 1 rings (SSSR count). The fraction of sp³-hybridized carbons (Fsp3) is 0.636. The topological polar surface area (TPSA) is 81.1 Å². The average Bonchev–Trinajstić information content (AvgIpc) is 2.58. The van der Waals surface area contributed by atoms with E-state index in [4.69, 9.17) is 10.8 Å². The summed E-state index contributed by atoms with van der Waals surface area (Å²) in [5, 5.41) is 13.4. The first-order valence-corrected chi connectivity index (χ1v) is 5.39. The lowest BCUT2D eigenvalue weighted by atomic mass is 9.85. The van der Waals surface area contributed by atoms with Crippen LogP contribution >= 0.6 is 0 Å². The van der Waals surface area contributed by atoms with Gasteiger partial charge in [0.05, 0.1) is 11.1 Å². The van der Waals surface area contributed by atoms with Crippen molar-refractivity contribution in [3.05, 3.63) is 17.5 Å². The number of nitrogens with zero attached hydrogens (tertiary/aromatic N) is 2. The predicted octanol–water partition coefficient (Wildman–Crippen LogP) is 0.804. The van der Waals surface area contributed by atoms with Crippen molar-refractivity contribution in [2.45, 2.75) is 33.7 Å². The monoisotopic (exact) mass is 225 g/mol. The smallest absolute Gasteiger partial charge is 0.311 e. The number of carboxylic acids is 1. The number of rotatable bonds is 5. The van der Waals surface area contributed by atoms with E-state index in [1.807, 2.05) is 24.6 Å². The third-order valence-corrected chi connectivity index (χ3v) is 2.82. The van der Waals surface area contributed by atoms with Gasteiger partial charge in [0.15, 0.2) is 0 Å². The summed E-state index contributed by atoms with van der Waals surface area (Å²) < 4.78 is 1.83. The normalized spacial score (nSPS) is 14.8. The summed E-state index contributed by atoms with van der Waals surface area (Å²) >= 11 is 0. The zero-order valence-electron chi connectivity index (χ0n) is 10.0. The fourth-order valence-electron chi connectivity index (χ4n) is 1.65.